The van der Waals surface area contributed by atoms with E-state index in [1.54, 1.807) is 0 Å². The molecule has 0 aliphatic carbocycles. The highest BCUT2D eigenvalue weighted by atomic mass is 32.2. The summed E-state index contributed by atoms with van der Waals surface area (Å²) in [4.78, 5) is 13.1. The smallest absolute Gasteiger partial charge is 0.437 e. The first-order valence-electron chi connectivity index (χ1n) is 10.2. The summed E-state index contributed by atoms with van der Waals surface area (Å²) < 4.78 is 121. The summed E-state index contributed by atoms with van der Waals surface area (Å²) in [6, 6.07) is 6.62. The van der Waals surface area contributed by atoms with Gasteiger partial charge in [0.1, 0.15) is 11.3 Å². The number of hydrogen-bond acceptors (Lipinski definition) is 7. The zero-order valence-electron chi connectivity index (χ0n) is 19.5. The Morgan fingerprint density at radius 1 is 1.00 bits per heavy atom. The molecule has 0 spiro atoms. The number of ether oxygens (including phenoxy) is 2. The van der Waals surface area contributed by atoms with Crippen molar-refractivity contribution in [3.8, 4) is 17.4 Å². The van der Waals surface area contributed by atoms with Crippen LogP contribution in [-0.2, 0) is 15.9 Å². The number of aromatic nitrogens is 2. The van der Waals surface area contributed by atoms with Crippen LogP contribution in [0.5, 0.6) is 17.4 Å². The summed E-state index contributed by atoms with van der Waals surface area (Å²) in [6.45, 7) is 1.92. The molecular formula is C22H17F7N4O4S. The fourth-order valence-electron chi connectivity index (χ4n) is 3.18. The summed E-state index contributed by atoms with van der Waals surface area (Å²) in [5, 5.41) is 8.66. The van der Waals surface area contributed by atoms with Crippen molar-refractivity contribution in [3.05, 3.63) is 64.6 Å². The van der Waals surface area contributed by atoms with Crippen LogP contribution in [0.1, 0.15) is 27.2 Å². The third-order valence-corrected chi connectivity index (χ3v) is 6.11. The second-order valence-corrected chi connectivity index (χ2v) is 9.99. The fraction of sp³-hybridized carbons (Fsp3) is 0.227. The van der Waals surface area contributed by atoms with E-state index in [4.69, 9.17) is 9.52 Å². The quantitative estimate of drug-likeness (QED) is 0.342. The van der Waals surface area contributed by atoms with E-state index in [1.165, 1.54) is 24.3 Å². The first-order chi connectivity index (χ1) is 17.4. The lowest BCUT2D eigenvalue weighted by molar-refractivity contribution is -0.275. The van der Waals surface area contributed by atoms with Crippen molar-refractivity contribution in [3.63, 3.8) is 0 Å². The number of rotatable bonds is 6. The van der Waals surface area contributed by atoms with Gasteiger partial charge in [-0.05, 0) is 49.7 Å². The summed E-state index contributed by atoms with van der Waals surface area (Å²) in [5.74, 6) is -5.13. The Labute approximate surface area is 210 Å². The number of carbonyl (C=O) groups excluding carboxylic acids is 1. The SMILES string of the molecule is Cc1c(Oc2nnc(C(F)(F)F)c(C)c2C(=O)Nc2cccc(S(C)(=N)=O)c2)ccc(OC(F)(F)F)c1F. The van der Waals surface area contributed by atoms with Gasteiger partial charge in [0.2, 0.25) is 0 Å². The van der Waals surface area contributed by atoms with E-state index in [0.717, 1.165) is 26.2 Å². The molecule has 0 aliphatic heterocycles. The summed E-state index contributed by atoms with van der Waals surface area (Å²) >= 11 is 0. The maximum absolute atomic E-state index is 14.5. The van der Waals surface area contributed by atoms with Crippen LogP contribution >= 0.6 is 0 Å². The molecule has 0 saturated heterocycles. The van der Waals surface area contributed by atoms with Crippen molar-refractivity contribution in [2.45, 2.75) is 31.3 Å². The summed E-state index contributed by atoms with van der Waals surface area (Å²) in [5.41, 5.74) is -3.56. The van der Waals surface area contributed by atoms with Crippen molar-refractivity contribution in [1.29, 1.82) is 4.78 Å². The average molecular weight is 566 g/mol. The van der Waals surface area contributed by atoms with Crippen LogP contribution in [0.4, 0.5) is 36.4 Å². The molecule has 2 aromatic carbocycles. The number of hydrogen-bond donors (Lipinski definition) is 2. The van der Waals surface area contributed by atoms with Gasteiger partial charge in [0, 0.05) is 22.4 Å². The normalized spacial score (nSPS) is 13.5. The number of amides is 1. The van der Waals surface area contributed by atoms with Gasteiger partial charge < -0.3 is 14.8 Å². The molecule has 16 heteroatoms. The predicted molar refractivity (Wildman–Crippen MR) is 119 cm³/mol. The van der Waals surface area contributed by atoms with Crippen LogP contribution < -0.4 is 14.8 Å². The first kappa shape index (κ1) is 28.6. The monoisotopic (exact) mass is 566 g/mol. The average Bonchev–Trinajstić information content (AvgIpc) is 2.77. The van der Waals surface area contributed by atoms with Gasteiger partial charge >= 0.3 is 12.5 Å². The van der Waals surface area contributed by atoms with Gasteiger partial charge in [0.15, 0.2) is 17.3 Å². The van der Waals surface area contributed by atoms with Crippen LogP contribution in [0.15, 0.2) is 41.3 Å². The first-order valence-corrected chi connectivity index (χ1v) is 12.2. The number of nitrogens with one attached hydrogen (secondary N) is 2. The Morgan fingerprint density at radius 2 is 1.63 bits per heavy atom. The van der Waals surface area contributed by atoms with Crippen LogP contribution in [0.25, 0.3) is 0 Å². The highest BCUT2D eigenvalue weighted by molar-refractivity contribution is 7.91. The number of anilines is 1. The molecule has 0 aliphatic rings. The molecule has 38 heavy (non-hydrogen) atoms. The molecule has 1 atom stereocenters. The molecule has 1 heterocycles. The fourth-order valence-corrected chi connectivity index (χ4v) is 3.87. The molecule has 0 fully saturated rings. The third kappa shape index (κ3) is 6.48. The lowest BCUT2D eigenvalue weighted by Crippen LogP contribution is -2.21. The van der Waals surface area contributed by atoms with E-state index in [1.807, 2.05) is 0 Å². The highest BCUT2D eigenvalue weighted by Gasteiger charge is 2.38. The maximum atomic E-state index is 14.5. The predicted octanol–water partition coefficient (Wildman–Crippen LogP) is 6.23. The highest BCUT2D eigenvalue weighted by Crippen LogP contribution is 2.37. The Hall–Kier alpha value is -3.95. The van der Waals surface area contributed by atoms with Crippen LogP contribution in [0, 0.1) is 24.4 Å². The third-order valence-electron chi connectivity index (χ3n) is 4.96. The summed E-state index contributed by atoms with van der Waals surface area (Å²) in [6.07, 6.45) is -9.10. The van der Waals surface area contributed by atoms with Crippen LogP contribution in [0.2, 0.25) is 0 Å². The standard InChI is InChI=1S/C22H17F7N4O4S/c1-10-14(7-8-15(17(10)23)37-22(27,28)29)36-20-16(11(2)18(32-33-20)21(24,25)26)19(34)31-12-5-4-6-13(9-12)38(3,30)35/h4-9,30H,1-3H3,(H,31,34). The molecule has 1 unspecified atom stereocenters. The molecule has 204 valence electrons. The lowest BCUT2D eigenvalue weighted by Gasteiger charge is -2.17. The van der Waals surface area contributed by atoms with Crippen molar-refractivity contribution in [2.24, 2.45) is 0 Å². The van der Waals surface area contributed by atoms with Crippen molar-refractivity contribution in [1.82, 2.24) is 10.2 Å². The van der Waals surface area contributed by atoms with Gasteiger partial charge in [-0.2, -0.15) is 13.2 Å². The molecule has 8 nitrogen and oxygen atoms in total. The minimum atomic E-state index is -5.20. The zero-order chi connectivity index (χ0) is 28.6. The zero-order valence-corrected chi connectivity index (χ0v) is 20.4. The van der Waals surface area contributed by atoms with E-state index < -0.39 is 73.8 Å². The van der Waals surface area contributed by atoms with Crippen LogP contribution in [-0.4, -0.2) is 32.9 Å². The van der Waals surface area contributed by atoms with Crippen molar-refractivity contribution in [2.75, 3.05) is 11.6 Å². The van der Waals surface area contributed by atoms with Crippen LogP contribution in [0.3, 0.4) is 0 Å². The van der Waals surface area contributed by atoms with Gasteiger partial charge in [-0.15, -0.1) is 23.4 Å². The van der Waals surface area contributed by atoms with E-state index in [9.17, 15) is 39.7 Å². The molecule has 1 amide bonds. The number of carbonyl (C=O) groups is 1. The van der Waals surface area contributed by atoms with E-state index in [2.05, 4.69) is 20.3 Å². The molecule has 3 rings (SSSR count). The Bertz CT molecular complexity index is 1510. The molecule has 0 saturated carbocycles. The van der Waals surface area contributed by atoms with Crippen molar-refractivity contribution < 1.29 is 49.2 Å². The molecular weight excluding hydrogens is 549 g/mol. The topological polar surface area (TPSA) is 114 Å². The lowest BCUT2D eigenvalue weighted by atomic mass is 10.1. The van der Waals surface area contributed by atoms with Gasteiger partial charge in [0.25, 0.3) is 11.8 Å². The Kier molecular flexibility index (Phi) is 7.59. The van der Waals surface area contributed by atoms with E-state index in [-0.39, 0.29) is 10.6 Å². The largest absolute Gasteiger partial charge is 0.573 e. The minimum Gasteiger partial charge on any atom is -0.437 e. The van der Waals surface area contributed by atoms with Gasteiger partial charge in [-0.25, -0.2) is 13.4 Å². The van der Waals surface area contributed by atoms with Gasteiger partial charge in [-0.3, -0.25) is 4.79 Å². The summed E-state index contributed by atoms with van der Waals surface area (Å²) in [7, 11) is -3.20. The minimum absolute atomic E-state index is 0.0269. The number of halogens is 7. The van der Waals surface area contributed by atoms with Crippen molar-refractivity contribution >= 4 is 21.3 Å². The van der Waals surface area contributed by atoms with E-state index >= 15 is 0 Å². The second kappa shape index (κ2) is 10.1. The van der Waals surface area contributed by atoms with Gasteiger partial charge in [-0.1, -0.05) is 6.07 Å². The Balaban J connectivity index is 2.08. The number of nitrogens with zero attached hydrogens (tertiary/aromatic N) is 2. The molecule has 0 bridgehead atoms. The Morgan fingerprint density at radius 3 is 2.21 bits per heavy atom. The van der Waals surface area contributed by atoms with E-state index in [0.29, 0.717) is 6.07 Å². The number of benzene rings is 2. The molecule has 3 aromatic rings. The number of alkyl halides is 6. The molecule has 1 aromatic heterocycles. The maximum Gasteiger partial charge on any atom is 0.573 e. The molecule has 2 N–H and O–H groups in total. The second-order valence-electron chi connectivity index (χ2n) is 7.83. The molecule has 0 radical (unpaired) electrons. The van der Waals surface area contributed by atoms with Gasteiger partial charge in [0.05, 0.1) is 9.73 Å².